The molecule has 39 heavy (non-hydrogen) atoms. The van der Waals surface area contributed by atoms with Gasteiger partial charge in [0.25, 0.3) is 0 Å². The number of likely N-dealkylation sites (tertiary alicyclic amines) is 1. The third kappa shape index (κ3) is 7.15. The van der Waals surface area contributed by atoms with Gasteiger partial charge >= 0.3 is 0 Å². The fraction of sp³-hybridized carbons (Fsp3) is 0.500. The van der Waals surface area contributed by atoms with E-state index >= 15 is 0 Å². The van der Waals surface area contributed by atoms with Crippen LogP contribution in [-0.2, 0) is 13.0 Å². The van der Waals surface area contributed by atoms with Crippen molar-refractivity contribution in [3.05, 3.63) is 64.9 Å². The Bertz CT molecular complexity index is 1160. The second-order valence-electron chi connectivity index (χ2n) is 10.3. The molecule has 0 spiro atoms. The summed E-state index contributed by atoms with van der Waals surface area (Å²) in [5, 5.41) is 6.22. The summed E-state index contributed by atoms with van der Waals surface area (Å²) in [5.41, 5.74) is 2.52. The van der Waals surface area contributed by atoms with Crippen molar-refractivity contribution < 1.29 is 8.78 Å². The Morgan fingerprint density at radius 2 is 2.00 bits per heavy atom. The highest BCUT2D eigenvalue weighted by molar-refractivity contribution is 6.11. The molecule has 0 amide bonds. The lowest BCUT2D eigenvalue weighted by Gasteiger charge is -2.40. The minimum Gasteiger partial charge on any atom is -0.351 e. The molecule has 3 heterocycles. The number of nitrogens with zero attached hydrogens (tertiary/aromatic N) is 5. The van der Waals surface area contributed by atoms with Crippen LogP contribution >= 0.6 is 0 Å². The highest BCUT2D eigenvalue weighted by Crippen LogP contribution is 2.30. The Labute approximate surface area is 231 Å². The van der Waals surface area contributed by atoms with Crippen LogP contribution in [0.25, 0.3) is 0 Å². The molecule has 2 aliphatic rings. The van der Waals surface area contributed by atoms with Crippen LogP contribution in [0.5, 0.6) is 0 Å². The summed E-state index contributed by atoms with van der Waals surface area (Å²) in [6, 6.07) is 8.38. The molecule has 1 aromatic heterocycles. The molecule has 0 aliphatic carbocycles. The number of rotatable bonds is 13. The fourth-order valence-corrected chi connectivity index (χ4v) is 5.86. The summed E-state index contributed by atoms with van der Waals surface area (Å²) < 4.78 is 29.7. The molecular weight excluding hydrogens is 496 g/mol. The monoisotopic (exact) mass is 537 g/mol. The molecule has 210 valence electrons. The zero-order valence-corrected chi connectivity index (χ0v) is 23.4. The standard InChI is InChI=1S/C30H41F2N7/c1-5-26(31)30(23-14-22(8-7-13-33-3)29(34-4)27(32)15-23)37-20-36-28-12-9-21(16-35-28)17-38-18-24-10-11-25(19-38)39(24)6-2/h5,9,12,14-16,24-25,33H,4,6-8,10-11,13,17-20H2,1-3H3,(H,35,36)/b26-5+,37-30?/t24-,25?/m0/s1. The molecule has 9 heteroatoms. The zero-order valence-electron chi connectivity index (χ0n) is 23.4. The average molecular weight is 538 g/mol. The van der Waals surface area contributed by atoms with Crippen molar-refractivity contribution >= 4 is 23.9 Å². The average Bonchev–Trinajstić information content (AvgIpc) is 3.20. The van der Waals surface area contributed by atoms with Crippen LogP contribution in [0.2, 0.25) is 0 Å². The van der Waals surface area contributed by atoms with Gasteiger partial charge in [-0.25, -0.2) is 13.8 Å². The summed E-state index contributed by atoms with van der Waals surface area (Å²) in [6.07, 6.45) is 7.20. The number of fused-ring (bicyclic) bond motifs is 2. The number of likely N-dealkylation sites (N-methyl/N-ethyl adjacent to an activating group) is 1. The van der Waals surface area contributed by atoms with E-state index in [1.54, 1.807) is 13.0 Å². The number of aromatic nitrogens is 1. The maximum Gasteiger partial charge on any atom is 0.149 e. The molecule has 1 aromatic carbocycles. The number of hydrogen-bond acceptors (Lipinski definition) is 7. The van der Waals surface area contributed by atoms with Gasteiger partial charge in [0.05, 0.1) is 0 Å². The lowest BCUT2D eigenvalue weighted by molar-refractivity contribution is 0.0669. The summed E-state index contributed by atoms with van der Waals surface area (Å²) in [6.45, 7) is 12.5. The lowest BCUT2D eigenvalue weighted by atomic mass is 10.00. The van der Waals surface area contributed by atoms with Gasteiger partial charge in [-0.1, -0.05) is 13.0 Å². The van der Waals surface area contributed by atoms with Crippen LogP contribution in [0.4, 0.5) is 20.3 Å². The second kappa shape index (κ2) is 13.9. The van der Waals surface area contributed by atoms with Gasteiger partial charge in [0.2, 0.25) is 0 Å². The minimum absolute atomic E-state index is 0.0897. The number of aryl methyl sites for hydroxylation is 1. The first kappa shape index (κ1) is 29.0. The molecular formula is C30H41F2N7. The number of halogens is 2. The third-order valence-electron chi connectivity index (χ3n) is 7.73. The number of allylic oxidation sites excluding steroid dienone is 2. The van der Waals surface area contributed by atoms with Crippen LogP contribution in [0.1, 0.15) is 49.8 Å². The van der Waals surface area contributed by atoms with Gasteiger partial charge in [-0.2, -0.15) is 0 Å². The number of hydrogen-bond donors (Lipinski definition) is 2. The van der Waals surface area contributed by atoms with Gasteiger partial charge in [0, 0.05) is 43.5 Å². The molecule has 0 saturated carbocycles. The van der Waals surface area contributed by atoms with Crippen LogP contribution in [0, 0.1) is 5.82 Å². The van der Waals surface area contributed by atoms with Crippen molar-refractivity contribution in [2.24, 2.45) is 9.98 Å². The number of aliphatic imine (C=N–C) groups is 2. The molecule has 2 atom stereocenters. The predicted molar refractivity (Wildman–Crippen MR) is 156 cm³/mol. The van der Waals surface area contributed by atoms with E-state index in [0.29, 0.717) is 35.4 Å². The third-order valence-corrected chi connectivity index (χ3v) is 7.73. The molecule has 4 rings (SSSR count). The van der Waals surface area contributed by atoms with E-state index in [4.69, 9.17) is 0 Å². The van der Waals surface area contributed by atoms with Crippen LogP contribution in [-0.4, -0.2) is 79.2 Å². The van der Waals surface area contributed by atoms with Gasteiger partial charge in [0.15, 0.2) is 0 Å². The summed E-state index contributed by atoms with van der Waals surface area (Å²) >= 11 is 0. The number of anilines is 1. The molecule has 1 unspecified atom stereocenters. The van der Waals surface area contributed by atoms with Crippen molar-refractivity contribution in [3.8, 4) is 0 Å². The summed E-state index contributed by atoms with van der Waals surface area (Å²) in [7, 11) is 1.86. The van der Waals surface area contributed by atoms with Crippen LogP contribution < -0.4 is 10.6 Å². The Hall–Kier alpha value is -3.01. The first-order valence-corrected chi connectivity index (χ1v) is 13.9. The molecule has 2 fully saturated rings. The van der Waals surface area contributed by atoms with Gasteiger partial charge < -0.3 is 10.6 Å². The Kier molecular flexibility index (Phi) is 10.3. The van der Waals surface area contributed by atoms with Crippen molar-refractivity contribution in [2.75, 3.05) is 45.2 Å². The first-order chi connectivity index (χ1) is 19.0. The zero-order chi connectivity index (χ0) is 27.8. The van der Waals surface area contributed by atoms with Crippen LogP contribution in [0.15, 0.2) is 52.4 Å². The summed E-state index contributed by atoms with van der Waals surface area (Å²) in [4.78, 5) is 18.0. The molecule has 2 aliphatic heterocycles. The Morgan fingerprint density at radius 3 is 2.62 bits per heavy atom. The quantitative estimate of drug-likeness (QED) is 0.275. The highest BCUT2D eigenvalue weighted by atomic mass is 19.1. The van der Waals surface area contributed by atoms with Crippen molar-refractivity contribution in [2.45, 2.75) is 58.2 Å². The van der Waals surface area contributed by atoms with E-state index in [0.717, 1.165) is 39.1 Å². The van der Waals surface area contributed by atoms with Gasteiger partial charge in [-0.3, -0.25) is 19.8 Å². The SMILES string of the molecule is C=Nc1c(F)cc(C(=NCNc2ccc(CN3CC4CC[C@@H](C3)N4CC)cn2)/C(F)=C\C)cc1CCCNC. The molecule has 7 nitrogen and oxygen atoms in total. The predicted octanol–water partition coefficient (Wildman–Crippen LogP) is 5.11. The minimum atomic E-state index is -0.534. The van der Waals surface area contributed by atoms with E-state index in [9.17, 15) is 8.78 Å². The van der Waals surface area contributed by atoms with E-state index in [-0.39, 0.29) is 18.1 Å². The summed E-state index contributed by atoms with van der Waals surface area (Å²) in [5.74, 6) is -0.395. The smallest absolute Gasteiger partial charge is 0.149 e. The van der Waals surface area contributed by atoms with Crippen molar-refractivity contribution in [1.29, 1.82) is 0 Å². The van der Waals surface area contributed by atoms with Crippen molar-refractivity contribution in [1.82, 2.24) is 20.1 Å². The fourth-order valence-electron chi connectivity index (χ4n) is 5.86. The topological polar surface area (TPSA) is 68.2 Å². The highest BCUT2D eigenvalue weighted by Gasteiger charge is 2.38. The van der Waals surface area contributed by atoms with Gasteiger partial charge in [-0.15, -0.1) is 0 Å². The van der Waals surface area contributed by atoms with E-state index in [1.807, 2.05) is 19.3 Å². The maximum atomic E-state index is 14.9. The van der Waals surface area contributed by atoms with E-state index in [2.05, 4.69) is 55.1 Å². The van der Waals surface area contributed by atoms with Crippen LogP contribution in [0.3, 0.4) is 0 Å². The number of nitrogens with one attached hydrogen (secondary N) is 2. The number of piperazine rings is 1. The lowest BCUT2D eigenvalue weighted by Crippen LogP contribution is -2.53. The molecule has 2 aromatic rings. The van der Waals surface area contributed by atoms with E-state index < -0.39 is 11.6 Å². The van der Waals surface area contributed by atoms with Gasteiger partial charge in [-0.05, 0) is 94.9 Å². The maximum absolute atomic E-state index is 14.9. The molecule has 2 N–H and O–H groups in total. The number of pyridine rings is 1. The molecule has 0 radical (unpaired) electrons. The van der Waals surface area contributed by atoms with Crippen molar-refractivity contribution in [3.63, 3.8) is 0 Å². The second-order valence-corrected chi connectivity index (χ2v) is 10.3. The number of benzene rings is 1. The largest absolute Gasteiger partial charge is 0.351 e. The molecule has 2 saturated heterocycles. The first-order valence-electron chi connectivity index (χ1n) is 13.9. The normalized spacial score (nSPS) is 20.4. The Morgan fingerprint density at radius 1 is 1.23 bits per heavy atom. The van der Waals surface area contributed by atoms with Gasteiger partial charge in [0.1, 0.15) is 35.5 Å². The molecule has 2 bridgehead atoms. The Balaban J connectivity index is 1.41. The van der Waals surface area contributed by atoms with E-state index in [1.165, 1.54) is 30.5 Å².